The molecule has 3 aromatic rings. The number of carboxylic acid groups (broad SMARTS) is 1. The average molecular weight is 454 g/mol. The molecule has 0 saturated carbocycles. The molecule has 0 aliphatic heterocycles. The zero-order valence-electron chi connectivity index (χ0n) is 18.8. The largest absolute Gasteiger partial charge is 0.602 e. The van der Waals surface area contributed by atoms with Crippen LogP contribution in [-0.2, 0) is 16.0 Å². The highest BCUT2D eigenvalue weighted by Gasteiger charge is 2.26. The molecule has 1 N–H and O–H groups in total. The molecule has 8 nitrogen and oxygen atoms in total. The number of halogens is 1. The molecule has 0 aliphatic carbocycles. The Labute approximate surface area is 190 Å². The summed E-state index contributed by atoms with van der Waals surface area (Å²) in [7, 11) is 0. The van der Waals surface area contributed by atoms with E-state index in [1.807, 2.05) is 0 Å². The summed E-state index contributed by atoms with van der Waals surface area (Å²) in [5, 5.41) is 12.9. The number of benzene rings is 2. The smallest absolute Gasteiger partial charge is 0.481 e. The number of aliphatic carboxylic acids is 1. The lowest BCUT2D eigenvalue weighted by atomic mass is 9.99. The second kappa shape index (κ2) is 9.32. The third-order valence-electron chi connectivity index (χ3n) is 4.72. The van der Waals surface area contributed by atoms with Crippen molar-refractivity contribution >= 4 is 24.5 Å². The Morgan fingerprint density at radius 3 is 2.39 bits per heavy atom. The summed E-state index contributed by atoms with van der Waals surface area (Å²) in [6, 6.07) is 11.1. The lowest BCUT2D eigenvalue weighted by molar-refractivity contribution is -0.354. The normalized spacial score (nSPS) is 12.3. The standard InChI is InChI=1S/C24H24FN3O5/c1-14(22(29)30)12-16-6-7-17(13-19(16)25)20-26-21(33-27-20)15-8-10-18(11-9-15)28(5)23(31)32-24(2,3)4/h6-11,13-14H,5,12H2,1-4H3/p+1. The van der Waals surface area contributed by atoms with E-state index in [1.54, 1.807) is 51.1 Å². The van der Waals surface area contributed by atoms with E-state index in [0.29, 0.717) is 22.4 Å². The maximum absolute atomic E-state index is 14.5. The Hall–Kier alpha value is -3.88. The fourth-order valence-corrected chi connectivity index (χ4v) is 2.93. The maximum atomic E-state index is 14.5. The van der Waals surface area contributed by atoms with Gasteiger partial charge in [-0.25, -0.2) is 4.39 Å². The molecule has 0 radical (unpaired) electrons. The molecule has 1 atom stereocenters. The second-order valence-corrected chi connectivity index (χ2v) is 8.63. The first-order valence-electron chi connectivity index (χ1n) is 10.2. The fourth-order valence-electron chi connectivity index (χ4n) is 2.93. The van der Waals surface area contributed by atoms with Crippen LogP contribution in [0.1, 0.15) is 33.3 Å². The molecule has 0 fully saturated rings. The van der Waals surface area contributed by atoms with Gasteiger partial charge in [-0.1, -0.05) is 28.8 Å². The maximum Gasteiger partial charge on any atom is 0.602 e. The predicted molar refractivity (Wildman–Crippen MR) is 119 cm³/mol. The average Bonchev–Trinajstić information content (AvgIpc) is 3.23. The number of aromatic nitrogens is 2. The number of rotatable bonds is 6. The van der Waals surface area contributed by atoms with Gasteiger partial charge in [0, 0.05) is 23.3 Å². The first-order valence-corrected chi connectivity index (χ1v) is 10.2. The molecule has 1 aromatic heterocycles. The van der Waals surface area contributed by atoms with Crippen LogP contribution >= 0.6 is 0 Å². The Balaban J connectivity index is 1.75. The highest BCUT2D eigenvalue weighted by molar-refractivity contribution is 5.70. The van der Waals surface area contributed by atoms with Crippen LogP contribution in [0.25, 0.3) is 22.8 Å². The van der Waals surface area contributed by atoms with Crippen LogP contribution in [-0.4, -0.2) is 44.2 Å². The van der Waals surface area contributed by atoms with E-state index in [2.05, 4.69) is 16.9 Å². The zero-order valence-corrected chi connectivity index (χ0v) is 18.8. The van der Waals surface area contributed by atoms with E-state index in [4.69, 9.17) is 14.4 Å². The number of hydrogen-bond donors (Lipinski definition) is 1. The summed E-state index contributed by atoms with van der Waals surface area (Å²) in [5.74, 6) is -1.81. The number of carboxylic acids is 1. The lowest BCUT2D eigenvalue weighted by Gasteiger charge is -2.16. The minimum Gasteiger partial charge on any atom is -0.481 e. The molecule has 0 saturated heterocycles. The van der Waals surface area contributed by atoms with E-state index in [-0.39, 0.29) is 18.1 Å². The summed E-state index contributed by atoms with van der Waals surface area (Å²) >= 11 is 0. The van der Waals surface area contributed by atoms with Crippen molar-refractivity contribution in [1.29, 1.82) is 0 Å². The van der Waals surface area contributed by atoms with Gasteiger partial charge < -0.3 is 14.4 Å². The summed E-state index contributed by atoms with van der Waals surface area (Å²) in [5.41, 5.74) is 1.18. The predicted octanol–water partition coefficient (Wildman–Crippen LogP) is 5.09. The van der Waals surface area contributed by atoms with Gasteiger partial charge in [0.2, 0.25) is 11.5 Å². The van der Waals surface area contributed by atoms with E-state index in [0.717, 1.165) is 4.58 Å². The van der Waals surface area contributed by atoms with Gasteiger partial charge in [-0.2, -0.15) is 9.78 Å². The Morgan fingerprint density at radius 2 is 1.82 bits per heavy atom. The van der Waals surface area contributed by atoms with Gasteiger partial charge >= 0.3 is 12.1 Å². The summed E-state index contributed by atoms with van der Waals surface area (Å²) in [6.45, 7) is 10.5. The second-order valence-electron chi connectivity index (χ2n) is 8.63. The molecule has 0 spiro atoms. The van der Waals surface area contributed by atoms with Crippen molar-refractivity contribution in [2.75, 3.05) is 0 Å². The zero-order chi connectivity index (χ0) is 24.3. The van der Waals surface area contributed by atoms with Gasteiger partial charge in [0.1, 0.15) is 18.1 Å². The number of amides is 1. The van der Waals surface area contributed by atoms with Gasteiger partial charge in [0.25, 0.3) is 5.89 Å². The Bertz CT molecular complexity index is 1200. The highest BCUT2D eigenvalue weighted by atomic mass is 19.1. The van der Waals surface area contributed by atoms with Crippen LogP contribution in [0.2, 0.25) is 0 Å². The Kier molecular flexibility index (Phi) is 6.71. The molecule has 2 aromatic carbocycles. The van der Waals surface area contributed by atoms with Gasteiger partial charge in [0.15, 0.2) is 0 Å². The molecule has 172 valence electrons. The van der Waals surface area contributed by atoms with Crippen molar-refractivity contribution in [3.63, 3.8) is 0 Å². The van der Waals surface area contributed by atoms with E-state index in [1.165, 1.54) is 19.1 Å². The number of carbonyl (C=O) groups excluding carboxylic acids is 1. The molecule has 1 amide bonds. The van der Waals surface area contributed by atoms with E-state index < -0.39 is 29.4 Å². The molecule has 0 bridgehead atoms. The molecular weight excluding hydrogens is 429 g/mol. The van der Waals surface area contributed by atoms with Crippen molar-refractivity contribution in [3.8, 4) is 22.8 Å². The quantitative estimate of drug-likeness (QED) is 0.409. The first kappa shape index (κ1) is 23.8. The Morgan fingerprint density at radius 1 is 1.18 bits per heavy atom. The SMILES string of the molecule is C=[N+](C(=O)OC(C)(C)C)c1ccc(-c2nc(-c3ccc(CC(C)C(=O)O)c(F)c3)no2)cc1. The lowest BCUT2D eigenvalue weighted by Crippen LogP contribution is -2.28. The molecule has 3 rings (SSSR count). The van der Waals surface area contributed by atoms with E-state index >= 15 is 0 Å². The monoisotopic (exact) mass is 454 g/mol. The van der Waals surface area contributed by atoms with Crippen molar-refractivity contribution in [2.45, 2.75) is 39.7 Å². The first-order chi connectivity index (χ1) is 15.4. The van der Waals surface area contributed by atoms with Crippen LogP contribution < -0.4 is 0 Å². The molecule has 0 aliphatic rings. The van der Waals surface area contributed by atoms with Crippen molar-refractivity contribution in [2.24, 2.45) is 5.92 Å². The molecule has 33 heavy (non-hydrogen) atoms. The third-order valence-corrected chi connectivity index (χ3v) is 4.72. The number of carbonyl (C=O) groups is 2. The minimum atomic E-state index is -0.986. The van der Waals surface area contributed by atoms with Crippen LogP contribution in [0.3, 0.4) is 0 Å². The van der Waals surface area contributed by atoms with Gasteiger partial charge in [-0.15, -0.1) is 0 Å². The highest BCUT2D eigenvalue weighted by Crippen LogP contribution is 2.26. The van der Waals surface area contributed by atoms with Gasteiger partial charge in [-0.3, -0.25) is 4.79 Å². The summed E-state index contributed by atoms with van der Waals surface area (Å²) in [4.78, 5) is 27.5. The van der Waals surface area contributed by atoms with Crippen LogP contribution in [0.15, 0.2) is 47.0 Å². The van der Waals surface area contributed by atoms with Gasteiger partial charge in [0.05, 0.1) is 5.92 Å². The van der Waals surface area contributed by atoms with Crippen LogP contribution in [0.4, 0.5) is 14.9 Å². The number of ether oxygens (including phenoxy) is 1. The topological polar surface area (TPSA) is 106 Å². The van der Waals surface area contributed by atoms with Gasteiger partial charge in [-0.05, 0) is 51.0 Å². The van der Waals surface area contributed by atoms with Crippen molar-refractivity contribution in [3.05, 3.63) is 53.8 Å². The van der Waals surface area contributed by atoms with Crippen LogP contribution in [0.5, 0.6) is 0 Å². The van der Waals surface area contributed by atoms with Crippen molar-refractivity contribution in [1.82, 2.24) is 10.1 Å². The number of hydrogen-bond acceptors (Lipinski definition) is 6. The molecular formula is C24H25FN3O5+. The van der Waals surface area contributed by atoms with Crippen LogP contribution in [0, 0.1) is 11.7 Å². The number of nitrogens with zero attached hydrogens (tertiary/aromatic N) is 3. The third kappa shape index (κ3) is 5.88. The minimum absolute atomic E-state index is 0.0812. The summed E-state index contributed by atoms with van der Waals surface area (Å²) in [6.07, 6.45) is -0.503. The molecule has 9 heteroatoms. The van der Waals surface area contributed by atoms with E-state index in [9.17, 15) is 14.0 Å². The fraction of sp³-hybridized carbons (Fsp3) is 0.292. The van der Waals surface area contributed by atoms with Crippen molar-refractivity contribution < 1.29 is 32.9 Å². The molecule has 1 heterocycles. The molecule has 1 unspecified atom stereocenters. The summed E-state index contributed by atoms with van der Waals surface area (Å²) < 4.78 is 26.2.